The van der Waals surface area contributed by atoms with Crippen molar-refractivity contribution in [3.63, 3.8) is 0 Å². The summed E-state index contributed by atoms with van der Waals surface area (Å²) in [7, 11) is 0. The third-order valence-corrected chi connectivity index (χ3v) is 4.78. The summed E-state index contributed by atoms with van der Waals surface area (Å²) in [5, 5.41) is 0. The first-order chi connectivity index (χ1) is 8.53. The van der Waals surface area contributed by atoms with E-state index in [2.05, 4.69) is 35.3 Å². The quantitative estimate of drug-likeness (QED) is 0.852. The summed E-state index contributed by atoms with van der Waals surface area (Å²) < 4.78 is 2.99. The number of aromatic amines is 1. The second-order valence-corrected chi connectivity index (χ2v) is 6.25. The molecule has 0 amide bonds. The first kappa shape index (κ1) is 11.9. The normalized spacial score (nSPS) is 17.6. The van der Waals surface area contributed by atoms with Gasteiger partial charge in [0.2, 0.25) is 0 Å². The Balaban J connectivity index is 2.10. The molecule has 0 atom stereocenters. The molecule has 0 aromatic carbocycles. The van der Waals surface area contributed by atoms with Gasteiger partial charge in [0.1, 0.15) is 0 Å². The Kier molecular flexibility index (Phi) is 2.59. The standard InChI is InChI=1S/C14H19N3S/c1-9(2)14(5-6-14)8-17-12-11(16-13(17)18)10(3)4-7-15-12/h4,7,9H,5-6,8H2,1-3H3,(H,16,18). The fraction of sp³-hybridized carbons (Fsp3) is 0.571. The Morgan fingerprint density at radius 1 is 1.50 bits per heavy atom. The van der Waals surface area contributed by atoms with E-state index in [1.807, 2.05) is 12.3 Å². The molecule has 3 rings (SSSR count). The summed E-state index contributed by atoms with van der Waals surface area (Å²) in [6, 6.07) is 2.02. The highest BCUT2D eigenvalue weighted by Crippen LogP contribution is 2.53. The van der Waals surface area contributed by atoms with E-state index in [1.54, 1.807) is 0 Å². The van der Waals surface area contributed by atoms with Gasteiger partial charge in [-0.25, -0.2) is 4.98 Å². The number of aromatic nitrogens is 3. The van der Waals surface area contributed by atoms with Gasteiger partial charge in [-0.3, -0.25) is 0 Å². The Labute approximate surface area is 112 Å². The van der Waals surface area contributed by atoms with Crippen LogP contribution in [0.5, 0.6) is 0 Å². The number of nitrogens with one attached hydrogen (secondary N) is 1. The van der Waals surface area contributed by atoms with Crippen molar-refractivity contribution in [2.24, 2.45) is 11.3 Å². The number of imidazole rings is 1. The van der Waals surface area contributed by atoms with Crippen molar-refractivity contribution in [2.75, 3.05) is 0 Å². The van der Waals surface area contributed by atoms with E-state index in [4.69, 9.17) is 12.2 Å². The van der Waals surface area contributed by atoms with Crippen molar-refractivity contribution in [1.82, 2.24) is 14.5 Å². The van der Waals surface area contributed by atoms with Crippen LogP contribution in [-0.4, -0.2) is 14.5 Å². The Morgan fingerprint density at radius 2 is 2.22 bits per heavy atom. The maximum atomic E-state index is 5.46. The maximum Gasteiger partial charge on any atom is 0.179 e. The molecule has 1 fully saturated rings. The van der Waals surface area contributed by atoms with Crippen molar-refractivity contribution in [2.45, 2.75) is 40.2 Å². The topological polar surface area (TPSA) is 33.6 Å². The Hall–Kier alpha value is -1.16. The number of hydrogen-bond donors (Lipinski definition) is 1. The SMILES string of the molecule is Cc1ccnc2c1[nH]c(=S)n2CC1(C(C)C)CC1. The van der Waals surface area contributed by atoms with Crippen LogP contribution >= 0.6 is 12.2 Å². The first-order valence-electron chi connectivity index (χ1n) is 6.58. The second kappa shape index (κ2) is 3.92. The van der Waals surface area contributed by atoms with Crippen molar-refractivity contribution in [3.05, 3.63) is 22.6 Å². The van der Waals surface area contributed by atoms with Gasteiger partial charge in [-0.1, -0.05) is 13.8 Å². The lowest BCUT2D eigenvalue weighted by molar-refractivity contribution is 0.310. The molecule has 0 radical (unpaired) electrons. The second-order valence-electron chi connectivity index (χ2n) is 5.86. The zero-order valence-corrected chi connectivity index (χ0v) is 12.0. The van der Waals surface area contributed by atoms with E-state index in [-0.39, 0.29) is 0 Å². The molecule has 18 heavy (non-hydrogen) atoms. The van der Waals surface area contributed by atoms with Crippen LogP contribution in [-0.2, 0) is 6.54 Å². The molecular weight excluding hydrogens is 242 g/mol. The minimum absolute atomic E-state index is 0.443. The highest BCUT2D eigenvalue weighted by molar-refractivity contribution is 7.71. The number of aryl methyl sites for hydroxylation is 1. The fourth-order valence-electron chi connectivity index (χ4n) is 2.71. The lowest BCUT2D eigenvalue weighted by atomic mass is 9.92. The van der Waals surface area contributed by atoms with E-state index >= 15 is 0 Å². The van der Waals surface area contributed by atoms with Gasteiger partial charge >= 0.3 is 0 Å². The van der Waals surface area contributed by atoms with E-state index in [0.29, 0.717) is 11.3 Å². The van der Waals surface area contributed by atoms with Crippen LogP contribution in [0.3, 0.4) is 0 Å². The molecule has 0 aliphatic heterocycles. The van der Waals surface area contributed by atoms with Crippen LogP contribution in [0.25, 0.3) is 11.2 Å². The monoisotopic (exact) mass is 261 g/mol. The van der Waals surface area contributed by atoms with Gasteiger partial charge in [0.15, 0.2) is 10.4 Å². The molecule has 1 N–H and O–H groups in total. The molecule has 0 spiro atoms. The smallest absolute Gasteiger partial charge is 0.179 e. The lowest BCUT2D eigenvalue weighted by Gasteiger charge is -2.20. The van der Waals surface area contributed by atoms with E-state index in [0.717, 1.165) is 22.5 Å². The molecule has 2 heterocycles. The number of hydrogen-bond acceptors (Lipinski definition) is 2. The average Bonchev–Trinajstić information content (AvgIpc) is 3.03. The van der Waals surface area contributed by atoms with Gasteiger partial charge in [-0.15, -0.1) is 0 Å². The summed E-state index contributed by atoms with van der Waals surface area (Å²) >= 11 is 5.46. The summed E-state index contributed by atoms with van der Waals surface area (Å²) in [6.07, 6.45) is 4.49. The summed E-state index contributed by atoms with van der Waals surface area (Å²) in [4.78, 5) is 7.80. The van der Waals surface area contributed by atoms with Gasteiger partial charge in [0.05, 0.1) is 5.52 Å². The largest absolute Gasteiger partial charge is 0.329 e. The van der Waals surface area contributed by atoms with Crippen LogP contribution in [0.2, 0.25) is 0 Å². The van der Waals surface area contributed by atoms with Gasteiger partial charge < -0.3 is 9.55 Å². The van der Waals surface area contributed by atoms with Crippen LogP contribution < -0.4 is 0 Å². The van der Waals surface area contributed by atoms with Crippen molar-refractivity contribution in [1.29, 1.82) is 0 Å². The van der Waals surface area contributed by atoms with Gasteiger partial charge in [0, 0.05) is 12.7 Å². The summed E-state index contributed by atoms with van der Waals surface area (Å²) in [5.41, 5.74) is 3.74. The number of H-pyrrole nitrogens is 1. The Bertz CT molecular complexity index is 647. The minimum atomic E-state index is 0.443. The van der Waals surface area contributed by atoms with Gasteiger partial charge in [0.25, 0.3) is 0 Å². The molecule has 0 bridgehead atoms. The molecule has 3 nitrogen and oxygen atoms in total. The predicted molar refractivity (Wildman–Crippen MR) is 76.2 cm³/mol. The molecule has 4 heteroatoms. The molecular formula is C14H19N3S. The highest BCUT2D eigenvalue weighted by atomic mass is 32.1. The van der Waals surface area contributed by atoms with E-state index < -0.39 is 0 Å². The van der Waals surface area contributed by atoms with E-state index in [1.165, 1.54) is 18.4 Å². The molecule has 0 unspecified atom stereocenters. The average molecular weight is 261 g/mol. The molecule has 0 saturated heterocycles. The Morgan fingerprint density at radius 3 is 2.83 bits per heavy atom. The zero-order chi connectivity index (χ0) is 12.9. The predicted octanol–water partition coefficient (Wildman–Crippen LogP) is 3.84. The number of nitrogens with zero attached hydrogens (tertiary/aromatic N) is 2. The third-order valence-electron chi connectivity index (χ3n) is 4.46. The van der Waals surface area contributed by atoms with Crippen molar-refractivity contribution >= 4 is 23.4 Å². The molecule has 1 saturated carbocycles. The van der Waals surface area contributed by atoms with Crippen molar-refractivity contribution in [3.8, 4) is 0 Å². The van der Waals surface area contributed by atoms with Crippen LogP contribution in [0.4, 0.5) is 0 Å². The minimum Gasteiger partial charge on any atom is -0.329 e. The van der Waals surface area contributed by atoms with Crippen LogP contribution in [0, 0.1) is 23.0 Å². The van der Waals surface area contributed by atoms with Crippen LogP contribution in [0.1, 0.15) is 32.3 Å². The first-order valence-corrected chi connectivity index (χ1v) is 6.98. The van der Waals surface area contributed by atoms with Crippen molar-refractivity contribution < 1.29 is 0 Å². The summed E-state index contributed by atoms with van der Waals surface area (Å²) in [5.74, 6) is 0.703. The van der Waals surface area contributed by atoms with Gasteiger partial charge in [-0.05, 0) is 54.9 Å². The van der Waals surface area contributed by atoms with Gasteiger partial charge in [-0.2, -0.15) is 0 Å². The van der Waals surface area contributed by atoms with Crippen LogP contribution in [0.15, 0.2) is 12.3 Å². The summed E-state index contributed by atoms with van der Waals surface area (Å²) in [6.45, 7) is 7.71. The lowest BCUT2D eigenvalue weighted by Crippen LogP contribution is -2.18. The molecule has 2 aromatic rings. The molecule has 1 aliphatic carbocycles. The molecule has 96 valence electrons. The molecule has 1 aliphatic rings. The number of fused-ring (bicyclic) bond motifs is 1. The third kappa shape index (κ3) is 1.70. The fourth-order valence-corrected chi connectivity index (χ4v) is 2.97. The molecule has 2 aromatic heterocycles. The number of pyridine rings is 1. The van der Waals surface area contributed by atoms with E-state index in [9.17, 15) is 0 Å². The zero-order valence-electron chi connectivity index (χ0n) is 11.2. The maximum absolute atomic E-state index is 5.46. The highest BCUT2D eigenvalue weighted by Gasteiger charge is 2.45. The number of rotatable bonds is 3.